The summed E-state index contributed by atoms with van der Waals surface area (Å²) in [6, 6.07) is 0. The van der Waals surface area contributed by atoms with Crippen molar-refractivity contribution in [1.82, 2.24) is 0 Å². The molecule has 0 aliphatic rings. The molecule has 1 unspecified atom stereocenters. The van der Waals surface area contributed by atoms with Crippen molar-refractivity contribution in [2.45, 2.75) is 194 Å². The maximum Gasteiger partial charge on any atom is 0.306 e. The lowest BCUT2D eigenvalue weighted by molar-refractivity contribution is -0.166. The zero-order chi connectivity index (χ0) is 51.4. The van der Waals surface area contributed by atoms with Gasteiger partial charge in [-0.2, -0.15) is 0 Å². The Balaban J connectivity index is 4.65. The van der Waals surface area contributed by atoms with Crippen LogP contribution in [0.5, 0.6) is 0 Å². The van der Waals surface area contributed by atoms with E-state index in [0.29, 0.717) is 12.8 Å². The SMILES string of the molecule is CC/C=C\C/C=C\C/C=C\C/C=C\C/C=C\C/C=C\CCCCC(=O)OCC(COC(=O)CCCCC/C=C\C/C=C\C/C=C\CC)OC(=O)CC/C=C\C/C=C\C/C=C\C/C=C\C/C=C\C/C=C\CC. The van der Waals surface area contributed by atoms with E-state index in [1.165, 1.54) is 0 Å². The van der Waals surface area contributed by atoms with Gasteiger partial charge in [0.05, 0.1) is 0 Å². The van der Waals surface area contributed by atoms with Crippen molar-refractivity contribution in [3.8, 4) is 0 Å². The quantitative estimate of drug-likeness (QED) is 0.0262. The Morgan fingerprint density at radius 3 is 0.845 bits per heavy atom. The van der Waals surface area contributed by atoms with Crippen LogP contribution in [0.3, 0.4) is 0 Å². The van der Waals surface area contributed by atoms with Crippen molar-refractivity contribution >= 4 is 17.9 Å². The van der Waals surface area contributed by atoms with Gasteiger partial charge in [0, 0.05) is 19.3 Å². The van der Waals surface area contributed by atoms with Gasteiger partial charge in [-0.05, 0) is 141 Å². The van der Waals surface area contributed by atoms with Gasteiger partial charge in [-0.3, -0.25) is 14.4 Å². The van der Waals surface area contributed by atoms with E-state index in [-0.39, 0.29) is 44.4 Å². The van der Waals surface area contributed by atoms with Gasteiger partial charge in [-0.15, -0.1) is 0 Å². The highest BCUT2D eigenvalue weighted by molar-refractivity contribution is 5.71. The fourth-order valence-corrected chi connectivity index (χ4v) is 6.42. The number of allylic oxidation sites excluding steroid dienone is 30. The van der Waals surface area contributed by atoms with Gasteiger partial charge in [-0.25, -0.2) is 0 Å². The van der Waals surface area contributed by atoms with Crippen LogP contribution < -0.4 is 0 Å². The van der Waals surface area contributed by atoms with Gasteiger partial charge < -0.3 is 14.2 Å². The molecule has 0 radical (unpaired) electrons. The van der Waals surface area contributed by atoms with E-state index in [9.17, 15) is 14.4 Å². The maximum atomic E-state index is 12.8. The Hall–Kier alpha value is -5.49. The molecule has 0 aromatic rings. The Morgan fingerprint density at radius 1 is 0.282 bits per heavy atom. The molecule has 0 rings (SSSR count). The predicted octanol–water partition coefficient (Wildman–Crippen LogP) is 18.5. The average Bonchev–Trinajstić information content (AvgIpc) is 3.37. The minimum absolute atomic E-state index is 0.148. The minimum Gasteiger partial charge on any atom is -0.462 e. The molecule has 392 valence electrons. The predicted molar refractivity (Wildman–Crippen MR) is 306 cm³/mol. The van der Waals surface area contributed by atoms with Crippen molar-refractivity contribution in [2.24, 2.45) is 0 Å². The second-order valence-electron chi connectivity index (χ2n) is 17.0. The molecule has 0 amide bonds. The monoisotopic (exact) mass is 973 g/mol. The maximum absolute atomic E-state index is 12.8. The van der Waals surface area contributed by atoms with Crippen molar-refractivity contribution in [3.05, 3.63) is 182 Å². The Kier molecular flexibility index (Phi) is 52.7. The van der Waals surface area contributed by atoms with Crippen molar-refractivity contribution in [3.63, 3.8) is 0 Å². The van der Waals surface area contributed by atoms with Crippen LogP contribution in [-0.2, 0) is 28.6 Å². The molecule has 1 atom stereocenters. The molecule has 0 fully saturated rings. The number of unbranched alkanes of at least 4 members (excludes halogenated alkanes) is 5. The first-order valence-corrected chi connectivity index (χ1v) is 27.3. The highest BCUT2D eigenvalue weighted by Crippen LogP contribution is 2.10. The molecular weight excluding hydrogens is 877 g/mol. The normalized spacial score (nSPS) is 13.6. The van der Waals surface area contributed by atoms with Gasteiger partial charge in [-0.1, -0.05) is 209 Å². The summed E-state index contributed by atoms with van der Waals surface area (Å²) in [6.07, 6.45) is 86.1. The van der Waals surface area contributed by atoms with Gasteiger partial charge in [0.1, 0.15) is 13.2 Å². The lowest BCUT2D eigenvalue weighted by Gasteiger charge is -2.18. The molecule has 0 heterocycles. The highest BCUT2D eigenvalue weighted by Gasteiger charge is 2.19. The summed E-state index contributed by atoms with van der Waals surface area (Å²) in [7, 11) is 0. The molecule has 0 saturated heterocycles. The summed E-state index contributed by atoms with van der Waals surface area (Å²) in [4.78, 5) is 38.0. The van der Waals surface area contributed by atoms with E-state index in [4.69, 9.17) is 14.2 Å². The molecule has 0 aliphatic heterocycles. The number of hydrogen-bond acceptors (Lipinski definition) is 6. The zero-order valence-corrected chi connectivity index (χ0v) is 44.6. The smallest absolute Gasteiger partial charge is 0.306 e. The van der Waals surface area contributed by atoms with Crippen molar-refractivity contribution in [1.29, 1.82) is 0 Å². The number of esters is 3. The largest absolute Gasteiger partial charge is 0.462 e. The van der Waals surface area contributed by atoms with Gasteiger partial charge >= 0.3 is 17.9 Å². The van der Waals surface area contributed by atoms with E-state index in [1.54, 1.807) is 0 Å². The number of ether oxygens (including phenoxy) is 3. The van der Waals surface area contributed by atoms with E-state index in [1.807, 2.05) is 12.2 Å². The van der Waals surface area contributed by atoms with E-state index >= 15 is 0 Å². The third-order valence-corrected chi connectivity index (χ3v) is 10.4. The molecular formula is C65H96O6. The second kappa shape index (κ2) is 57.1. The lowest BCUT2D eigenvalue weighted by Crippen LogP contribution is -2.30. The van der Waals surface area contributed by atoms with Crippen LogP contribution in [0.2, 0.25) is 0 Å². The van der Waals surface area contributed by atoms with Crippen LogP contribution in [-0.4, -0.2) is 37.2 Å². The van der Waals surface area contributed by atoms with E-state index < -0.39 is 12.1 Å². The van der Waals surface area contributed by atoms with Gasteiger partial charge in [0.2, 0.25) is 0 Å². The average molecular weight is 973 g/mol. The standard InChI is InChI=1S/C65H96O6/c1-4-7-10-13-16-19-22-25-27-29-31-32-34-35-37-40-43-46-49-52-55-58-64(67)70-61-62(60-69-63(66)57-54-51-48-45-42-39-24-21-18-15-12-9-6-3)71-65(68)59-56-53-50-47-44-41-38-36-33-30-28-26-23-20-17-14-11-8-5-2/h7-12,16-21,25-28,31-33,35-37,39,41-44,46,50,53,62H,4-6,13-15,22-24,29-30,34,38,40,45,47-49,51-52,54-61H2,1-3H3/b10-7-,11-8-,12-9-,19-16-,20-17-,21-18-,27-25-,28-26-,32-31-,36-33-,37-35-,42-39-,44-41-,46-43-,53-50-. The number of carbonyl (C=O) groups excluding carboxylic acids is 3. The van der Waals surface area contributed by atoms with Crippen LogP contribution >= 0.6 is 0 Å². The Labute approximate surface area is 434 Å². The van der Waals surface area contributed by atoms with Crippen molar-refractivity contribution in [2.75, 3.05) is 13.2 Å². The number of rotatable bonds is 46. The first kappa shape index (κ1) is 65.5. The third-order valence-electron chi connectivity index (χ3n) is 10.4. The molecule has 6 nitrogen and oxygen atoms in total. The topological polar surface area (TPSA) is 78.9 Å². The Morgan fingerprint density at radius 2 is 0.535 bits per heavy atom. The molecule has 0 aliphatic carbocycles. The molecule has 6 heteroatoms. The molecule has 0 aromatic carbocycles. The highest BCUT2D eigenvalue weighted by atomic mass is 16.6. The molecule has 0 spiro atoms. The van der Waals surface area contributed by atoms with Crippen LogP contribution in [0.4, 0.5) is 0 Å². The molecule has 0 bridgehead atoms. The molecule has 0 saturated carbocycles. The summed E-state index contributed by atoms with van der Waals surface area (Å²) in [5, 5.41) is 0. The Bertz CT molecular complexity index is 1730. The summed E-state index contributed by atoms with van der Waals surface area (Å²) >= 11 is 0. The fraction of sp³-hybridized carbons (Fsp3) is 0.492. The van der Waals surface area contributed by atoms with E-state index in [2.05, 4.69) is 191 Å². The summed E-state index contributed by atoms with van der Waals surface area (Å²) in [5.41, 5.74) is 0. The second-order valence-corrected chi connectivity index (χ2v) is 17.0. The first-order valence-electron chi connectivity index (χ1n) is 27.3. The first-order chi connectivity index (χ1) is 35.0. The summed E-state index contributed by atoms with van der Waals surface area (Å²) in [5.74, 6) is -1.12. The van der Waals surface area contributed by atoms with Crippen LogP contribution in [0, 0.1) is 0 Å². The molecule has 0 aromatic heterocycles. The van der Waals surface area contributed by atoms with Crippen LogP contribution in [0.1, 0.15) is 188 Å². The fourth-order valence-electron chi connectivity index (χ4n) is 6.42. The molecule has 0 N–H and O–H groups in total. The van der Waals surface area contributed by atoms with Gasteiger partial charge in [0.15, 0.2) is 6.10 Å². The summed E-state index contributed by atoms with van der Waals surface area (Å²) in [6.45, 7) is 6.13. The lowest BCUT2D eigenvalue weighted by atomic mass is 10.1. The van der Waals surface area contributed by atoms with Crippen LogP contribution in [0.15, 0.2) is 182 Å². The summed E-state index contributed by atoms with van der Waals surface area (Å²) < 4.78 is 16.7. The van der Waals surface area contributed by atoms with E-state index in [0.717, 1.165) is 135 Å². The zero-order valence-electron chi connectivity index (χ0n) is 44.6. The number of hydrogen-bond donors (Lipinski definition) is 0. The molecule has 71 heavy (non-hydrogen) atoms. The van der Waals surface area contributed by atoms with Gasteiger partial charge in [0.25, 0.3) is 0 Å². The minimum atomic E-state index is -0.860. The number of carbonyl (C=O) groups is 3. The van der Waals surface area contributed by atoms with Crippen LogP contribution in [0.25, 0.3) is 0 Å². The third kappa shape index (κ3) is 55.3. The van der Waals surface area contributed by atoms with Crippen molar-refractivity contribution < 1.29 is 28.6 Å².